The number of nitrogens with one attached hydrogen (secondary N) is 1. The number of carbonyl (C=O) groups excluding carboxylic acids is 2. The zero-order valence-electron chi connectivity index (χ0n) is 13.4. The van der Waals surface area contributed by atoms with Crippen molar-refractivity contribution in [3.8, 4) is 0 Å². The molecule has 4 nitrogen and oxygen atoms in total. The van der Waals surface area contributed by atoms with Crippen LogP contribution in [-0.2, 0) is 9.59 Å². The van der Waals surface area contributed by atoms with E-state index in [1.54, 1.807) is 11.0 Å². The molecule has 1 saturated heterocycles. The quantitative estimate of drug-likeness (QED) is 0.905. The molecule has 1 aromatic rings. The number of amides is 2. The molecule has 1 aliphatic heterocycles. The normalized spacial score (nSPS) is 18.1. The van der Waals surface area contributed by atoms with Crippen LogP contribution < -0.4 is 10.2 Å². The van der Waals surface area contributed by atoms with Crippen LogP contribution in [0.2, 0.25) is 5.02 Å². The fourth-order valence-electron chi connectivity index (χ4n) is 2.51. The highest BCUT2D eigenvalue weighted by atomic mass is 35.5. The van der Waals surface area contributed by atoms with Crippen molar-refractivity contribution in [2.24, 2.45) is 11.8 Å². The molecule has 0 spiro atoms. The summed E-state index contributed by atoms with van der Waals surface area (Å²) in [7, 11) is 0. The van der Waals surface area contributed by atoms with Crippen molar-refractivity contribution in [2.75, 3.05) is 18.0 Å². The Bertz CT molecular complexity index is 572. The summed E-state index contributed by atoms with van der Waals surface area (Å²) in [5, 5.41) is 3.56. The lowest BCUT2D eigenvalue weighted by atomic mass is 10.1. The molecule has 0 bridgehead atoms. The smallest absolute Gasteiger partial charge is 0.227 e. The number of hydrogen-bond acceptors (Lipinski definition) is 2. The number of halogens is 1. The number of nitrogens with zero attached hydrogens (tertiary/aromatic N) is 1. The van der Waals surface area contributed by atoms with Gasteiger partial charge in [-0.3, -0.25) is 9.59 Å². The Morgan fingerprint density at radius 3 is 2.82 bits per heavy atom. The van der Waals surface area contributed by atoms with Crippen molar-refractivity contribution >= 4 is 29.1 Å². The lowest BCUT2D eigenvalue weighted by Crippen LogP contribution is -2.33. The van der Waals surface area contributed by atoms with Gasteiger partial charge in [0, 0.05) is 30.2 Å². The lowest BCUT2D eigenvalue weighted by molar-refractivity contribution is -0.126. The molecule has 0 aliphatic carbocycles. The third-order valence-electron chi connectivity index (χ3n) is 3.98. The first-order valence-electron chi connectivity index (χ1n) is 7.72. The van der Waals surface area contributed by atoms with Crippen LogP contribution >= 0.6 is 11.6 Å². The summed E-state index contributed by atoms with van der Waals surface area (Å²) in [4.78, 5) is 26.0. The van der Waals surface area contributed by atoms with Gasteiger partial charge in [0.15, 0.2) is 0 Å². The average molecular weight is 323 g/mol. The summed E-state index contributed by atoms with van der Waals surface area (Å²) < 4.78 is 0. The molecule has 22 heavy (non-hydrogen) atoms. The zero-order chi connectivity index (χ0) is 16.3. The minimum atomic E-state index is -0.278. The van der Waals surface area contributed by atoms with E-state index in [0.717, 1.165) is 17.7 Å². The summed E-state index contributed by atoms with van der Waals surface area (Å²) in [6.45, 7) is 7.24. The van der Waals surface area contributed by atoms with Crippen LogP contribution in [0, 0.1) is 18.8 Å². The molecule has 5 heteroatoms. The van der Waals surface area contributed by atoms with E-state index in [-0.39, 0.29) is 24.2 Å². The second kappa shape index (κ2) is 7.14. The maximum Gasteiger partial charge on any atom is 0.227 e. The first kappa shape index (κ1) is 16.8. The van der Waals surface area contributed by atoms with E-state index in [2.05, 4.69) is 19.2 Å². The van der Waals surface area contributed by atoms with Gasteiger partial charge in [0.05, 0.1) is 5.92 Å². The molecule has 1 N–H and O–H groups in total. The second-order valence-corrected chi connectivity index (χ2v) is 6.72. The summed E-state index contributed by atoms with van der Waals surface area (Å²) in [5.74, 6) is 0.218. The molecule has 1 heterocycles. The predicted molar refractivity (Wildman–Crippen MR) is 89.1 cm³/mol. The van der Waals surface area contributed by atoms with Crippen molar-refractivity contribution < 1.29 is 9.59 Å². The zero-order valence-corrected chi connectivity index (χ0v) is 14.1. The van der Waals surface area contributed by atoms with Crippen LogP contribution in [0.1, 0.15) is 32.3 Å². The molecule has 0 saturated carbocycles. The number of hydrogen-bond donors (Lipinski definition) is 1. The van der Waals surface area contributed by atoms with Crippen LogP contribution in [0.5, 0.6) is 0 Å². The Kier molecular flexibility index (Phi) is 5.46. The molecule has 1 atom stereocenters. The van der Waals surface area contributed by atoms with Gasteiger partial charge in [-0.1, -0.05) is 31.5 Å². The number of aryl methyl sites for hydroxylation is 1. The van der Waals surface area contributed by atoms with Crippen molar-refractivity contribution in [1.29, 1.82) is 0 Å². The number of benzene rings is 1. The van der Waals surface area contributed by atoms with Gasteiger partial charge >= 0.3 is 0 Å². The molecule has 0 aromatic heterocycles. The van der Waals surface area contributed by atoms with Crippen molar-refractivity contribution in [3.05, 3.63) is 28.8 Å². The SMILES string of the molecule is Cc1ccc(N2C[C@@H](C(=O)NCCC(C)C)CC2=O)cc1Cl. The minimum Gasteiger partial charge on any atom is -0.356 e. The summed E-state index contributed by atoms with van der Waals surface area (Å²) >= 11 is 6.12. The van der Waals surface area contributed by atoms with Gasteiger partial charge in [0.2, 0.25) is 11.8 Å². The van der Waals surface area contributed by atoms with E-state index in [1.165, 1.54) is 0 Å². The molecule has 1 fully saturated rings. The van der Waals surface area contributed by atoms with Gasteiger partial charge in [-0.05, 0) is 37.0 Å². The highest BCUT2D eigenvalue weighted by molar-refractivity contribution is 6.31. The second-order valence-electron chi connectivity index (χ2n) is 6.31. The van der Waals surface area contributed by atoms with E-state index in [4.69, 9.17) is 11.6 Å². The molecular formula is C17H23ClN2O2. The molecule has 0 radical (unpaired) electrons. The largest absolute Gasteiger partial charge is 0.356 e. The van der Waals surface area contributed by atoms with Crippen molar-refractivity contribution in [3.63, 3.8) is 0 Å². The molecule has 2 amide bonds. The fourth-order valence-corrected chi connectivity index (χ4v) is 2.69. The molecule has 2 rings (SSSR count). The number of carbonyl (C=O) groups is 2. The summed E-state index contributed by atoms with van der Waals surface area (Å²) in [5.41, 5.74) is 1.73. The Morgan fingerprint density at radius 1 is 1.45 bits per heavy atom. The van der Waals surface area contributed by atoms with E-state index < -0.39 is 0 Å². The van der Waals surface area contributed by atoms with Crippen molar-refractivity contribution in [2.45, 2.75) is 33.6 Å². The van der Waals surface area contributed by atoms with Crippen LogP contribution in [0.3, 0.4) is 0 Å². The topological polar surface area (TPSA) is 49.4 Å². The predicted octanol–water partition coefficient (Wildman–Crippen LogP) is 3.16. The molecule has 1 aliphatic rings. The van der Waals surface area contributed by atoms with Gasteiger partial charge < -0.3 is 10.2 Å². The molecular weight excluding hydrogens is 300 g/mol. The van der Waals surface area contributed by atoms with E-state index in [0.29, 0.717) is 24.0 Å². The van der Waals surface area contributed by atoms with Gasteiger partial charge in [0.1, 0.15) is 0 Å². The van der Waals surface area contributed by atoms with Crippen LogP contribution in [0.25, 0.3) is 0 Å². The van der Waals surface area contributed by atoms with Gasteiger partial charge in [-0.15, -0.1) is 0 Å². The minimum absolute atomic E-state index is 0.0241. The van der Waals surface area contributed by atoms with Gasteiger partial charge in [-0.25, -0.2) is 0 Å². The third kappa shape index (κ3) is 4.01. The molecule has 1 aromatic carbocycles. The Balaban J connectivity index is 1.98. The Labute approximate surface area is 136 Å². The summed E-state index contributed by atoms with van der Waals surface area (Å²) in [6.07, 6.45) is 1.21. The standard InChI is InChI=1S/C17H23ClN2O2/c1-11(2)6-7-19-17(22)13-8-16(21)20(10-13)14-5-4-12(3)15(18)9-14/h4-5,9,11,13H,6-8,10H2,1-3H3,(H,19,22)/t13-/m0/s1. The lowest BCUT2D eigenvalue weighted by Gasteiger charge is -2.17. The Hall–Kier alpha value is -1.55. The monoisotopic (exact) mass is 322 g/mol. The van der Waals surface area contributed by atoms with E-state index >= 15 is 0 Å². The molecule has 120 valence electrons. The first-order chi connectivity index (χ1) is 10.4. The number of rotatable bonds is 5. The van der Waals surface area contributed by atoms with E-state index in [1.807, 2.05) is 19.1 Å². The fraction of sp³-hybridized carbons (Fsp3) is 0.529. The van der Waals surface area contributed by atoms with Crippen molar-refractivity contribution in [1.82, 2.24) is 5.32 Å². The van der Waals surface area contributed by atoms with Gasteiger partial charge in [-0.2, -0.15) is 0 Å². The molecule has 0 unspecified atom stereocenters. The van der Waals surface area contributed by atoms with E-state index in [9.17, 15) is 9.59 Å². The Morgan fingerprint density at radius 2 is 2.18 bits per heavy atom. The summed E-state index contributed by atoms with van der Waals surface area (Å²) in [6, 6.07) is 5.55. The number of anilines is 1. The third-order valence-corrected chi connectivity index (χ3v) is 4.39. The highest BCUT2D eigenvalue weighted by Crippen LogP contribution is 2.28. The average Bonchev–Trinajstić information content (AvgIpc) is 2.83. The highest BCUT2D eigenvalue weighted by Gasteiger charge is 2.35. The van der Waals surface area contributed by atoms with Crippen LogP contribution in [0.15, 0.2) is 18.2 Å². The maximum absolute atomic E-state index is 12.2. The first-order valence-corrected chi connectivity index (χ1v) is 8.10. The maximum atomic E-state index is 12.2. The van der Waals surface area contributed by atoms with Gasteiger partial charge in [0.25, 0.3) is 0 Å². The van der Waals surface area contributed by atoms with Crippen LogP contribution in [-0.4, -0.2) is 24.9 Å². The van der Waals surface area contributed by atoms with Crippen LogP contribution in [0.4, 0.5) is 5.69 Å².